The quantitative estimate of drug-likeness (QED) is 0.873. The maximum Gasteiger partial charge on any atom is 0.153 e. The number of nitrogens with zero attached hydrogens (tertiary/aromatic N) is 1. The van der Waals surface area contributed by atoms with Crippen LogP contribution >= 0.6 is 11.3 Å². The second-order valence-corrected chi connectivity index (χ2v) is 7.19. The first-order valence-electron chi connectivity index (χ1n) is 4.94. The standard InChI is InChI=1S/C10H12N2O2S2/c11-7-10(3-5-16(13,14)8-10)12-6-9-2-1-4-15-9/h1-2,4,12H,3,5-6,8H2. The van der Waals surface area contributed by atoms with Gasteiger partial charge in [-0.05, 0) is 17.9 Å². The zero-order chi connectivity index (χ0) is 11.6. The van der Waals surface area contributed by atoms with Crippen molar-refractivity contribution in [3.8, 4) is 6.07 Å². The Kier molecular flexibility index (Phi) is 3.02. The Labute approximate surface area is 98.8 Å². The van der Waals surface area contributed by atoms with Crippen molar-refractivity contribution in [2.24, 2.45) is 0 Å². The Morgan fingerprint density at radius 3 is 2.94 bits per heavy atom. The molecule has 0 bridgehead atoms. The molecule has 1 atom stereocenters. The topological polar surface area (TPSA) is 70.0 Å². The van der Waals surface area contributed by atoms with Crippen molar-refractivity contribution in [2.75, 3.05) is 11.5 Å². The van der Waals surface area contributed by atoms with Crippen molar-refractivity contribution in [2.45, 2.75) is 18.5 Å². The molecule has 86 valence electrons. The Balaban J connectivity index is 2.05. The lowest BCUT2D eigenvalue weighted by Crippen LogP contribution is -2.44. The van der Waals surface area contributed by atoms with Crippen LogP contribution in [0.2, 0.25) is 0 Å². The molecule has 1 aromatic rings. The van der Waals surface area contributed by atoms with E-state index in [9.17, 15) is 8.42 Å². The van der Waals surface area contributed by atoms with Crippen LogP contribution in [-0.2, 0) is 16.4 Å². The maximum absolute atomic E-state index is 11.4. The molecule has 0 radical (unpaired) electrons. The molecule has 0 aliphatic carbocycles. The Bertz CT molecular complexity index is 501. The van der Waals surface area contributed by atoms with E-state index in [1.165, 1.54) is 0 Å². The fourth-order valence-electron chi connectivity index (χ4n) is 1.79. The summed E-state index contributed by atoms with van der Waals surface area (Å²) in [5, 5.41) is 14.1. The van der Waals surface area contributed by atoms with E-state index in [0.717, 1.165) is 4.88 Å². The Morgan fingerprint density at radius 1 is 1.62 bits per heavy atom. The van der Waals surface area contributed by atoms with Crippen molar-refractivity contribution in [1.82, 2.24) is 5.32 Å². The molecule has 4 nitrogen and oxygen atoms in total. The summed E-state index contributed by atoms with van der Waals surface area (Å²) in [6.07, 6.45) is 0.386. The molecule has 0 spiro atoms. The molecular weight excluding hydrogens is 244 g/mol. The van der Waals surface area contributed by atoms with Crippen molar-refractivity contribution < 1.29 is 8.42 Å². The third kappa shape index (κ3) is 2.43. The summed E-state index contributed by atoms with van der Waals surface area (Å²) in [6, 6.07) is 6.01. The fraction of sp³-hybridized carbons (Fsp3) is 0.500. The van der Waals surface area contributed by atoms with Gasteiger partial charge in [0.05, 0.1) is 17.6 Å². The summed E-state index contributed by atoms with van der Waals surface area (Å²) in [6.45, 7) is 0.556. The molecular formula is C10H12N2O2S2. The van der Waals surface area contributed by atoms with E-state index in [1.54, 1.807) is 11.3 Å². The zero-order valence-electron chi connectivity index (χ0n) is 8.64. The molecule has 1 fully saturated rings. The van der Waals surface area contributed by atoms with Crippen LogP contribution in [0.3, 0.4) is 0 Å². The summed E-state index contributed by atoms with van der Waals surface area (Å²) < 4.78 is 22.8. The van der Waals surface area contributed by atoms with E-state index in [2.05, 4.69) is 11.4 Å². The summed E-state index contributed by atoms with van der Waals surface area (Å²) >= 11 is 1.59. The fourth-order valence-corrected chi connectivity index (χ4v) is 4.30. The first-order valence-corrected chi connectivity index (χ1v) is 7.64. The number of sulfone groups is 1. The zero-order valence-corrected chi connectivity index (χ0v) is 10.3. The molecule has 0 saturated carbocycles. The van der Waals surface area contributed by atoms with Gasteiger partial charge in [-0.3, -0.25) is 5.32 Å². The number of thiophene rings is 1. The lowest BCUT2D eigenvalue weighted by Gasteiger charge is -2.19. The second kappa shape index (κ2) is 4.17. The van der Waals surface area contributed by atoms with Gasteiger partial charge in [-0.25, -0.2) is 8.42 Å². The maximum atomic E-state index is 11.4. The summed E-state index contributed by atoms with van der Waals surface area (Å²) in [7, 11) is -3.04. The molecule has 1 aliphatic rings. The number of hydrogen-bond donors (Lipinski definition) is 1. The smallest absolute Gasteiger partial charge is 0.153 e. The van der Waals surface area contributed by atoms with E-state index in [1.807, 2.05) is 17.5 Å². The van der Waals surface area contributed by atoms with Crippen LogP contribution in [0.4, 0.5) is 0 Å². The van der Waals surface area contributed by atoms with Gasteiger partial charge in [-0.15, -0.1) is 11.3 Å². The Morgan fingerprint density at radius 2 is 2.44 bits per heavy atom. The van der Waals surface area contributed by atoms with Gasteiger partial charge in [0.25, 0.3) is 0 Å². The SMILES string of the molecule is N#CC1(NCc2cccs2)CCS(=O)(=O)C1. The van der Waals surface area contributed by atoms with Crippen molar-refractivity contribution in [3.05, 3.63) is 22.4 Å². The molecule has 1 aliphatic heterocycles. The van der Waals surface area contributed by atoms with Crippen molar-refractivity contribution >= 4 is 21.2 Å². The normalized spacial score (nSPS) is 27.7. The van der Waals surface area contributed by atoms with Crippen molar-refractivity contribution in [1.29, 1.82) is 5.26 Å². The average Bonchev–Trinajstić information content (AvgIpc) is 2.84. The van der Waals surface area contributed by atoms with E-state index < -0.39 is 15.4 Å². The predicted octanol–water partition coefficient (Wildman–Crippen LogP) is 0.919. The van der Waals surface area contributed by atoms with E-state index in [0.29, 0.717) is 13.0 Å². The predicted molar refractivity (Wildman–Crippen MR) is 62.8 cm³/mol. The van der Waals surface area contributed by atoms with Crippen LogP contribution in [0, 0.1) is 11.3 Å². The lowest BCUT2D eigenvalue weighted by atomic mass is 10.0. The highest BCUT2D eigenvalue weighted by molar-refractivity contribution is 7.91. The van der Waals surface area contributed by atoms with Gasteiger partial charge >= 0.3 is 0 Å². The molecule has 0 amide bonds. The van der Waals surface area contributed by atoms with Gasteiger partial charge in [0.2, 0.25) is 0 Å². The molecule has 2 rings (SSSR count). The first kappa shape index (κ1) is 11.6. The van der Waals surface area contributed by atoms with Gasteiger partial charge in [-0.2, -0.15) is 5.26 Å². The number of hydrogen-bond acceptors (Lipinski definition) is 5. The van der Waals surface area contributed by atoms with Crippen LogP contribution < -0.4 is 5.32 Å². The number of rotatable bonds is 3. The van der Waals surface area contributed by atoms with E-state index in [4.69, 9.17) is 5.26 Å². The van der Waals surface area contributed by atoms with Gasteiger partial charge in [0, 0.05) is 11.4 Å². The molecule has 1 unspecified atom stereocenters. The minimum atomic E-state index is -3.04. The van der Waals surface area contributed by atoms with Gasteiger partial charge in [-0.1, -0.05) is 6.07 Å². The molecule has 2 heterocycles. The minimum absolute atomic E-state index is 0.0676. The van der Waals surface area contributed by atoms with E-state index >= 15 is 0 Å². The first-order chi connectivity index (χ1) is 7.55. The van der Waals surface area contributed by atoms with Crippen LogP contribution in [-0.4, -0.2) is 25.5 Å². The van der Waals surface area contributed by atoms with Gasteiger partial charge in [0.1, 0.15) is 5.54 Å². The summed E-state index contributed by atoms with van der Waals surface area (Å²) in [5.41, 5.74) is -0.886. The third-order valence-corrected chi connectivity index (χ3v) is 5.34. The van der Waals surface area contributed by atoms with Crippen LogP contribution in [0.15, 0.2) is 17.5 Å². The molecule has 6 heteroatoms. The Hall–Kier alpha value is -0.900. The largest absolute Gasteiger partial charge is 0.294 e. The molecule has 1 saturated heterocycles. The number of nitrogens with one attached hydrogen (secondary N) is 1. The van der Waals surface area contributed by atoms with Gasteiger partial charge in [0.15, 0.2) is 9.84 Å². The highest BCUT2D eigenvalue weighted by Crippen LogP contribution is 2.23. The summed E-state index contributed by atoms with van der Waals surface area (Å²) in [4.78, 5) is 1.11. The number of nitriles is 1. The monoisotopic (exact) mass is 256 g/mol. The average molecular weight is 256 g/mol. The highest BCUT2D eigenvalue weighted by atomic mass is 32.2. The third-order valence-electron chi connectivity index (χ3n) is 2.70. The second-order valence-electron chi connectivity index (χ2n) is 3.97. The van der Waals surface area contributed by atoms with Crippen LogP contribution in [0.1, 0.15) is 11.3 Å². The highest BCUT2D eigenvalue weighted by Gasteiger charge is 2.42. The molecule has 1 aromatic heterocycles. The summed E-state index contributed by atoms with van der Waals surface area (Å²) in [5.74, 6) is 0.0415. The molecule has 1 N–H and O–H groups in total. The van der Waals surface area contributed by atoms with Gasteiger partial charge < -0.3 is 0 Å². The van der Waals surface area contributed by atoms with Crippen LogP contribution in [0.5, 0.6) is 0 Å². The molecule has 16 heavy (non-hydrogen) atoms. The van der Waals surface area contributed by atoms with Crippen LogP contribution in [0.25, 0.3) is 0 Å². The van der Waals surface area contributed by atoms with E-state index in [-0.39, 0.29) is 11.5 Å². The lowest BCUT2D eigenvalue weighted by molar-refractivity contribution is 0.456. The van der Waals surface area contributed by atoms with Crippen molar-refractivity contribution in [3.63, 3.8) is 0 Å². The minimum Gasteiger partial charge on any atom is -0.294 e. The molecule has 0 aromatic carbocycles.